The van der Waals surface area contributed by atoms with Crippen LogP contribution < -0.4 is 10.2 Å². The molecule has 0 spiro atoms. The van der Waals surface area contributed by atoms with Crippen LogP contribution in [0.1, 0.15) is 24.4 Å². The lowest BCUT2D eigenvalue weighted by Gasteiger charge is -2.15. The highest BCUT2D eigenvalue weighted by Crippen LogP contribution is 2.38. The van der Waals surface area contributed by atoms with Gasteiger partial charge in [0.2, 0.25) is 17.7 Å². The lowest BCUT2D eigenvalue weighted by atomic mass is 10.1. The second kappa shape index (κ2) is 6.85. The molecule has 1 aromatic heterocycles. The van der Waals surface area contributed by atoms with E-state index in [2.05, 4.69) is 15.5 Å². The maximum atomic E-state index is 12.9. The lowest BCUT2D eigenvalue weighted by Crippen LogP contribution is -2.36. The average molecular weight is 383 g/mol. The molecule has 0 saturated heterocycles. The number of hydrogen-bond donors (Lipinski definition) is 1. The van der Waals surface area contributed by atoms with E-state index < -0.39 is 6.04 Å². The molecule has 1 N–H and O–H groups in total. The van der Waals surface area contributed by atoms with Gasteiger partial charge in [0.25, 0.3) is 5.91 Å². The van der Waals surface area contributed by atoms with Crippen LogP contribution >= 0.6 is 11.6 Å². The smallest absolute Gasteiger partial charge is 0.254 e. The van der Waals surface area contributed by atoms with Gasteiger partial charge in [0.1, 0.15) is 12.6 Å². The van der Waals surface area contributed by atoms with Gasteiger partial charge in [-0.15, -0.1) is 10.2 Å². The molecule has 3 aromatic rings. The van der Waals surface area contributed by atoms with Gasteiger partial charge in [-0.3, -0.25) is 9.59 Å². The summed E-state index contributed by atoms with van der Waals surface area (Å²) in [6.45, 7) is 1.47. The molecule has 2 amide bonds. The maximum absolute atomic E-state index is 12.9. The molecule has 0 fully saturated rings. The number of halogens is 1. The zero-order chi connectivity index (χ0) is 19.0. The monoisotopic (exact) mass is 382 g/mol. The Morgan fingerprint density at radius 1 is 1.22 bits per heavy atom. The Labute approximate surface area is 160 Å². The minimum atomic E-state index is -0.785. The zero-order valence-electron chi connectivity index (χ0n) is 14.3. The first kappa shape index (κ1) is 17.2. The summed E-state index contributed by atoms with van der Waals surface area (Å²) >= 11 is 6.07. The van der Waals surface area contributed by atoms with Gasteiger partial charge in [-0.05, 0) is 30.3 Å². The predicted molar refractivity (Wildman–Crippen MR) is 98.9 cm³/mol. The van der Waals surface area contributed by atoms with Crippen LogP contribution in [0.3, 0.4) is 0 Å². The molecular formula is C19H15ClN4O3. The summed E-state index contributed by atoms with van der Waals surface area (Å²) < 4.78 is 5.71. The molecule has 0 bridgehead atoms. The second-order valence-corrected chi connectivity index (χ2v) is 6.56. The van der Waals surface area contributed by atoms with Gasteiger partial charge in [-0.25, -0.2) is 0 Å². The Kier molecular flexibility index (Phi) is 4.37. The fraction of sp³-hybridized carbons (Fsp3) is 0.158. The molecule has 7 nitrogen and oxygen atoms in total. The molecule has 1 aliphatic rings. The van der Waals surface area contributed by atoms with Crippen molar-refractivity contribution in [2.75, 3.05) is 4.90 Å². The lowest BCUT2D eigenvalue weighted by molar-refractivity contribution is -0.126. The van der Waals surface area contributed by atoms with Crippen LogP contribution in [0, 0.1) is 0 Å². The van der Waals surface area contributed by atoms with Crippen LogP contribution in [0.4, 0.5) is 5.69 Å². The second-order valence-electron chi connectivity index (χ2n) is 6.13. The summed E-state index contributed by atoms with van der Waals surface area (Å²) in [7, 11) is 0. The van der Waals surface area contributed by atoms with Crippen molar-refractivity contribution in [2.24, 2.45) is 0 Å². The normalized spacial score (nSPS) is 15.7. The van der Waals surface area contributed by atoms with E-state index in [9.17, 15) is 9.59 Å². The highest BCUT2D eigenvalue weighted by atomic mass is 35.5. The third-order valence-electron chi connectivity index (χ3n) is 4.23. The number of hydrogen-bond acceptors (Lipinski definition) is 5. The number of amides is 2. The van der Waals surface area contributed by atoms with E-state index in [0.717, 1.165) is 5.56 Å². The van der Waals surface area contributed by atoms with Gasteiger partial charge in [0.05, 0.1) is 5.69 Å². The molecule has 1 atom stereocenters. The number of nitrogens with one attached hydrogen (secondary N) is 1. The first-order valence-electron chi connectivity index (χ1n) is 8.28. The van der Waals surface area contributed by atoms with Crippen molar-refractivity contribution in [3.63, 3.8) is 0 Å². The maximum Gasteiger partial charge on any atom is 0.254 e. The quantitative estimate of drug-likeness (QED) is 0.749. The first-order valence-corrected chi connectivity index (χ1v) is 8.66. The van der Waals surface area contributed by atoms with E-state index in [-0.39, 0.29) is 18.4 Å². The summed E-state index contributed by atoms with van der Waals surface area (Å²) in [5, 5.41) is 11.2. The van der Waals surface area contributed by atoms with Crippen molar-refractivity contribution >= 4 is 29.1 Å². The van der Waals surface area contributed by atoms with Gasteiger partial charge >= 0.3 is 0 Å². The zero-order valence-corrected chi connectivity index (χ0v) is 15.1. The molecule has 2 heterocycles. The number of benzene rings is 2. The molecular weight excluding hydrogens is 368 g/mol. The summed E-state index contributed by atoms with van der Waals surface area (Å²) in [6, 6.07) is 13.7. The Morgan fingerprint density at radius 2 is 2.00 bits per heavy atom. The number of nitrogens with zero attached hydrogens (tertiary/aromatic N) is 3. The number of anilines is 1. The first-order chi connectivity index (χ1) is 13.0. The Morgan fingerprint density at radius 3 is 2.74 bits per heavy atom. The van der Waals surface area contributed by atoms with Crippen LogP contribution in [0.5, 0.6) is 0 Å². The molecule has 8 heteroatoms. The van der Waals surface area contributed by atoms with E-state index in [1.165, 1.54) is 11.8 Å². The number of carbonyl (C=O) groups excluding carboxylic acids is 2. The van der Waals surface area contributed by atoms with Crippen molar-refractivity contribution in [3.8, 4) is 11.5 Å². The van der Waals surface area contributed by atoms with Crippen molar-refractivity contribution in [2.45, 2.75) is 19.5 Å². The highest BCUT2D eigenvalue weighted by Gasteiger charge is 2.38. The number of aromatic nitrogens is 2. The molecule has 27 heavy (non-hydrogen) atoms. The van der Waals surface area contributed by atoms with Crippen molar-refractivity contribution in [1.29, 1.82) is 0 Å². The number of fused-ring (bicyclic) bond motifs is 1. The standard InChI is InChI=1S/C19H15ClN4O3/c1-11(25)21-17-14-9-13(20)7-8-15(14)24(19(17)26)10-16-22-23-18(27-16)12-5-3-2-4-6-12/h2-9,17H,10H2,1H3,(H,21,25)/t17-/m1/s1. The van der Waals surface area contributed by atoms with Crippen molar-refractivity contribution in [3.05, 3.63) is 65.0 Å². The molecule has 2 aromatic carbocycles. The third kappa shape index (κ3) is 3.29. The van der Waals surface area contributed by atoms with E-state index >= 15 is 0 Å². The Bertz CT molecular complexity index is 1020. The third-order valence-corrected chi connectivity index (χ3v) is 4.47. The summed E-state index contributed by atoms with van der Waals surface area (Å²) in [5.41, 5.74) is 2.10. The summed E-state index contributed by atoms with van der Waals surface area (Å²) in [4.78, 5) is 25.9. The van der Waals surface area contributed by atoms with Gasteiger partial charge in [-0.2, -0.15) is 0 Å². The van der Waals surface area contributed by atoms with E-state index in [1.807, 2.05) is 30.3 Å². The topological polar surface area (TPSA) is 88.3 Å². The van der Waals surface area contributed by atoms with Crippen LogP contribution in [0.25, 0.3) is 11.5 Å². The van der Waals surface area contributed by atoms with Crippen LogP contribution in [-0.2, 0) is 16.1 Å². The molecule has 4 rings (SSSR count). The molecule has 0 saturated carbocycles. The SMILES string of the molecule is CC(=O)N[C@H]1C(=O)N(Cc2nnc(-c3ccccc3)o2)c2ccc(Cl)cc21. The number of rotatable bonds is 4. The predicted octanol–water partition coefficient (Wildman–Crippen LogP) is 3.11. The average Bonchev–Trinajstić information content (AvgIpc) is 3.21. The molecule has 136 valence electrons. The fourth-order valence-electron chi connectivity index (χ4n) is 3.07. The van der Waals surface area contributed by atoms with Gasteiger partial charge in [-0.1, -0.05) is 29.8 Å². The minimum absolute atomic E-state index is 0.101. The van der Waals surface area contributed by atoms with Crippen molar-refractivity contribution < 1.29 is 14.0 Å². The summed E-state index contributed by atoms with van der Waals surface area (Å²) in [5.74, 6) is 0.103. The van der Waals surface area contributed by atoms with E-state index in [4.69, 9.17) is 16.0 Å². The minimum Gasteiger partial charge on any atom is -0.419 e. The Hall–Kier alpha value is -3.19. The van der Waals surface area contributed by atoms with Crippen LogP contribution in [0.15, 0.2) is 52.9 Å². The highest BCUT2D eigenvalue weighted by molar-refractivity contribution is 6.31. The van der Waals surface area contributed by atoms with Gasteiger partial charge < -0.3 is 14.6 Å². The van der Waals surface area contributed by atoms with Gasteiger partial charge in [0.15, 0.2) is 0 Å². The van der Waals surface area contributed by atoms with Gasteiger partial charge in [0, 0.05) is 23.1 Å². The van der Waals surface area contributed by atoms with Crippen molar-refractivity contribution in [1.82, 2.24) is 15.5 Å². The molecule has 1 aliphatic heterocycles. The number of carbonyl (C=O) groups is 2. The van der Waals surface area contributed by atoms with E-state index in [1.54, 1.807) is 18.2 Å². The summed E-state index contributed by atoms with van der Waals surface area (Å²) in [6.07, 6.45) is 0. The van der Waals surface area contributed by atoms with Crippen LogP contribution in [0.2, 0.25) is 5.02 Å². The fourth-order valence-corrected chi connectivity index (χ4v) is 3.25. The largest absolute Gasteiger partial charge is 0.419 e. The van der Waals surface area contributed by atoms with E-state index in [0.29, 0.717) is 28.1 Å². The van der Waals surface area contributed by atoms with Crippen LogP contribution in [-0.4, -0.2) is 22.0 Å². The Balaban J connectivity index is 1.64. The molecule has 0 unspecified atom stereocenters. The molecule has 0 radical (unpaired) electrons. The molecule has 0 aliphatic carbocycles.